The maximum absolute atomic E-state index is 5.70. The molecule has 1 heterocycles. The average Bonchev–Trinajstić information content (AvgIpc) is 2.23. The van der Waals surface area contributed by atoms with Crippen molar-refractivity contribution in [1.82, 2.24) is 4.90 Å². The van der Waals surface area contributed by atoms with E-state index in [0.717, 1.165) is 32.7 Å². The summed E-state index contributed by atoms with van der Waals surface area (Å²) in [6.07, 6.45) is 1.90. The lowest BCUT2D eigenvalue weighted by Gasteiger charge is -2.35. The lowest BCUT2D eigenvalue weighted by atomic mass is 10.2. The molecule has 0 spiro atoms. The molecule has 1 aliphatic rings. The molecule has 4 nitrogen and oxygen atoms in total. The van der Waals surface area contributed by atoms with Gasteiger partial charge in [0.05, 0.1) is 18.3 Å². The summed E-state index contributed by atoms with van der Waals surface area (Å²) in [5.41, 5.74) is 5.66. The first kappa shape index (κ1) is 13.9. The van der Waals surface area contributed by atoms with Gasteiger partial charge in [-0.1, -0.05) is 0 Å². The van der Waals surface area contributed by atoms with E-state index < -0.39 is 0 Å². The average molecular weight is 230 g/mol. The molecule has 1 rings (SSSR count). The third-order valence-electron chi connectivity index (χ3n) is 2.93. The highest BCUT2D eigenvalue weighted by Gasteiger charge is 2.22. The molecular weight excluding hydrogens is 204 g/mol. The molecule has 0 saturated carbocycles. The molecule has 0 bridgehead atoms. The van der Waals surface area contributed by atoms with Crippen LogP contribution >= 0.6 is 0 Å². The van der Waals surface area contributed by atoms with Crippen LogP contribution in [0.25, 0.3) is 0 Å². The van der Waals surface area contributed by atoms with Gasteiger partial charge >= 0.3 is 0 Å². The first-order valence-electron chi connectivity index (χ1n) is 6.35. The SMILES string of the molecule is CCOC(CN)CCN1C[C@@H](C)O[C@@H](C)C1. The second kappa shape index (κ2) is 7.22. The third kappa shape index (κ3) is 4.78. The van der Waals surface area contributed by atoms with Crippen LogP contribution in [0.1, 0.15) is 27.2 Å². The van der Waals surface area contributed by atoms with Gasteiger partial charge in [-0.3, -0.25) is 4.90 Å². The highest BCUT2D eigenvalue weighted by molar-refractivity contribution is 4.74. The van der Waals surface area contributed by atoms with Gasteiger partial charge in [-0.15, -0.1) is 0 Å². The summed E-state index contributed by atoms with van der Waals surface area (Å²) < 4.78 is 11.3. The van der Waals surface area contributed by atoms with Crippen LogP contribution in [0.3, 0.4) is 0 Å². The van der Waals surface area contributed by atoms with Gasteiger partial charge in [0.2, 0.25) is 0 Å². The molecule has 96 valence electrons. The van der Waals surface area contributed by atoms with Crippen LogP contribution in [0, 0.1) is 0 Å². The molecule has 1 aliphatic heterocycles. The Balaban J connectivity index is 2.25. The maximum atomic E-state index is 5.70. The smallest absolute Gasteiger partial charge is 0.0709 e. The van der Waals surface area contributed by atoms with E-state index in [4.69, 9.17) is 15.2 Å². The summed E-state index contributed by atoms with van der Waals surface area (Å²) in [6, 6.07) is 0. The highest BCUT2D eigenvalue weighted by Crippen LogP contribution is 2.11. The second-order valence-corrected chi connectivity index (χ2v) is 4.62. The minimum absolute atomic E-state index is 0.207. The first-order valence-corrected chi connectivity index (χ1v) is 6.35. The predicted molar refractivity (Wildman–Crippen MR) is 65.5 cm³/mol. The summed E-state index contributed by atoms with van der Waals surface area (Å²) in [4.78, 5) is 2.44. The molecule has 1 fully saturated rings. The van der Waals surface area contributed by atoms with E-state index in [2.05, 4.69) is 18.7 Å². The minimum atomic E-state index is 0.207. The van der Waals surface area contributed by atoms with Gasteiger partial charge in [0.1, 0.15) is 0 Å². The molecule has 0 aromatic rings. The Morgan fingerprint density at radius 3 is 2.50 bits per heavy atom. The first-order chi connectivity index (χ1) is 7.65. The molecule has 1 saturated heterocycles. The normalized spacial score (nSPS) is 29.2. The number of hydrogen-bond donors (Lipinski definition) is 1. The topological polar surface area (TPSA) is 47.7 Å². The van der Waals surface area contributed by atoms with Gasteiger partial charge in [-0.2, -0.15) is 0 Å². The molecule has 0 radical (unpaired) electrons. The maximum Gasteiger partial charge on any atom is 0.0709 e. The van der Waals surface area contributed by atoms with Crippen molar-refractivity contribution in [1.29, 1.82) is 0 Å². The zero-order valence-corrected chi connectivity index (χ0v) is 10.8. The van der Waals surface area contributed by atoms with E-state index >= 15 is 0 Å². The summed E-state index contributed by atoms with van der Waals surface area (Å²) >= 11 is 0. The van der Waals surface area contributed by atoms with Crippen LogP contribution in [0.2, 0.25) is 0 Å². The Morgan fingerprint density at radius 1 is 1.38 bits per heavy atom. The number of morpholine rings is 1. The van der Waals surface area contributed by atoms with Crippen LogP contribution in [-0.2, 0) is 9.47 Å². The van der Waals surface area contributed by atoms with Crippen LogP contribution in [-0.4, -0.2) is 56.0 Å². The van der Waals surface area contributed by atoms with E-state index in [1.165, 1.54) is 0 Å². The van der Waals surface area contributed by atoms with Crippen molar-refractivity contribution in [3.8, 4) is 0 Å². The Bertz CT molecular complexity index is 180. The standard InChI is InChI=1S/C12H26N2O2/c1-4-15-12(7-13)5-6-14-8-10(2)16-11(3)9-14/h10-12H,4-9,13H2,1-3H3/t10-,11+,12?. The van der Waals surface area contributed by atoms with Crippen molar-refractivity contribution in [3.05, 3.63) is 0 Å². The molecule has 3 atom stereocenters. The van der Waals surface area contributed by atoms with Crippen molar-refractivity contribution in [2.24, 2.45) is 5.73 Å². The van der Waals surface area contributed by atoms with Gasteiger partial charge in [-0.05, 0) is 27.2 Å². The zero-order chi connectivity index (χ0) is 12.0. The van der Waals surface area contributed by atoms with Gasteiger partial charge < -0.3 is 15.2 Å². The molecular formula is C12H26N2O2. The predicted octanol–water partition coefficient (Wildman–Crippen LogP) is 0.850. The van der Waals surface area contributed by atoms with Gasteiger partial charge in [0, 0.05) is 32.8 Å². The highest BCUT2D eigenvalue weighted by atomic mass is 16.5. The third-order valence-corrected chi connectivity index (χ3v) is 2.93. The summed E-state index contributed by atoms with van der Waals surface area (Å²) in [7, 11) is 0. The summed E-state index contributed by atoms with van der Waals surface area (Å²) in [5.74, 6) is 0. The fraction of sp³-hybridized carbons (Fsp3) is 1.00. The van der Waals surface area contributed by atoms with Crippen molar-refractivity contribution >= 4 is 0 Å². The molecule has 0 aromatic heterocycles. The Kier molecular flexibility index (Phi) is 6.28. The Morgan fingerprint density at radius 2 is 2.00 bits per heavy atom. The number of hydrogen-bond acceptors (Lipinski definition) is 4. The van der Waals surface area contributed by atoms with Crippen molar-refractivity contribution < 1.29 is 9.47 Å². The molecule has 16 heavy (non-hydrogen) atoms. The van der Waals surface area contributed by atoms with Crippen LogP contribution in [0.4, 0.5) is 0 Å². The number of nitrogens with two attached hydrogens (primary N) is 1. The fourth-order valence-electron chi connectivity index (χ4n) is 2.30. The monoisotopic (exact) mass is 230 g/mol. The molecule has 0 amide bonds. The van der Waals surface area contributed by atoms with Gasteiger partial charge in [0.15, 0.2) is 0 Å². The minimum Gasteiger partial charge on any atom is -0.377 e. The summed E-state index contributed by atoms with van der Waals surface area (Å²) in [5, 5.41) is 0. The van der Waals surface area contributed by atoms with E-state index in [0.29, 0.717) is 18.8 Å². The number of ether oxygens (including phenoxy) is 2. The van der Waals surface area contributed by atoms with E-state index in [1.807, 2.05) is 6.92 Å². The van der Waals surface area contributed by atoms with Crippen LogP contribution in [0.5, 0.6) is 0 Å². The zero-order valence-electron chi connectivity index (χ0n) is 10.8. The second-order valence-electron chi connectivity index (χ2n) is 4.62. The number of rotatable bonds is 6. The molecule has 0 aliphatic carbocycles. The molecule has 0 aromatic carbocycles. The van der Waals surface area contributed by atoms with Crippen molar-refractivity contribution in [3.63, 3.8) is 0 Å². The Hall–Kier alpha value is -0.160. The quantitative estimate of drug-likeness (QED) is 0.735. The lowest BCUT2D eigenvalue weighted by Crippen LogP contribution is -2.46. The van der Waals surface area contributed by atoms with E-state index in [1.54, 1.807) is 0 Å². The van der Waals surface area contributed by atoms with Crippen molar-refractivity contribution in [2.75, 3.05) is 32.8 Å². The van der Waals surface area contributed by atoms with Crippen LogP contribution in [0.15, 0.2) is 0 Å². The van der Waals surface area contributed by atoms with Gasteiger partial charge in [0.25, 0.3) is 0 Å². The molecule has 2 N–H and O–H groups in total. The number of nitrogens with zero attached hydrogens (tertiary/aromatic N) is 1. The largest absolute Gasteiger partial charge is 0.377 e. The Labute approximate surface area is 99.1 Å². The molecule has 1 unspecified atom stereocenters. The van der Waals surface area contributed by atoms with Gasteiger partial charge in [-0.25, -0.2) is 0 Å². The van der Waals surface area contributed by atoms with Crippen molar-refractivity contribution in [2.45, 2.75) is 45.5 Å². The summed E-state index contributed by atoms with van der Waals surface area (Å²) in [6.45, 7) is 10.7. The van der Waals surface area contributed by atoms with E-state index in [9.17, 15) is 0 Å². The molecule has 4 heteroatoms. The lowest BCUT2D eigenvalue weighted by molar-refractivity contribution is -0.0714. The van der Waals surface area contributed by atoms with E-state index in [-0.39, 0.29) is 6.10 Å². The van der Waals surface area contributed by atoms with Crippen LogP contribution < -0.4 is 5.73 Å². The fourth-order valence-corrected chi connectivity index (χ4v) is 2.30.